The number of ether oxygens (including phenoxy) is 1. The molecule has 0 spiro atoms. The third-order valence-corrected chi connectivity index (χ3v) is 5.97. The fourth-order valence-corrected chi connectivity index (χ4v) is 4.04. The van der Waals surface area contributed by atoms with Crippen molar-refractivity contribution in [3.05, 3.63) is 76.7 Å². The number of fused-ring (bicyclic) bond motifs is 1. The first-order chi connectivity index (χ1) is 16.0. The number of aromatic nitrogens is 3. The third kappa shape index (κ3) is 4.42. The van der Waals surface area contributed by atoms with Gasteiger partial charge in [-0.2, -0.15) is 5.10 Å². The van der Waals surface area contributed by atoms with Gasteiger partial charge in [-0.1, -0.05) is 23.7 Å². The molecule has 168 valence electrons. The van der Waals surface area contributed by atoms with Gasteiger partial charge in [0.1, 0.15) is 5.75 Å². The summed E-state index contributed by atoms with van der Waals surface area (Å²) in [5.74, 6) is 0.552. The monoisotopic (exact) mass is 462 g/mol. The number of pyridine rings is 1. The van der Waals surface area contributed by atoms with Crippen LogP contribution in [0.15, 0.2) is 54.9 Å². The van der Waals surface area contributed by atoms with Crippen molar-refractivity contribution >= 4 is 28.4 Å². The van der Waals surface area contributed by atoms with Gasteiger partial charge in [0.05, 0.1) is 30.1 Å². The van der Waals surface area contributed by atoms with Crippen molar-refractivity contribution in [1.29, 1.82) is 0 Å². The molecular weight excluding hydrogens is 440 g/mol. The van der Waals surface area contributed by atoms with Crippen molar-refractivity contribution in [2.45, 2.75) is 32.1 Å². The van der Waals surface area contributed by atoms with Crippen molar-refractivity contribution in [2.24, 2.45) is 0 Å². The maximum Gasteiger partial charge on any atom is 0.254 e. The number of aliphatic hydroxyl groups excluding tert-OH is 1. The van der Waals surface area contributed by atoms with Gasteiger partial charge in [-0.3, -0.25) is 14.9 Å². The van der Waals surface area contributed by atoms with Gasteiger partial charge >= 0.3 is 0 Å². The fourth-order valence-electron chi connectivity index (χ4n) is 3.85. The lowest BCUT2D eigenvalue weighted by Gasteiger charge is -2.19. The van der Waals surface area contributed by atoms with E-state index in [9.17, 15) is 9.90 Å². The van der Waals surface area contributed by atoms with E-state index in [4.69, 9.17) is 16.3 Å². The second-order valence-corrected chi connectivity index (χ2v) is 8.68. The van der Waals surface area contributed by atoms with E-state index in [1.54, 1.807) is 24.3 Å². The maximum atomic E-state index is 13.3. The number of hydrogen-bond acceptors (Lipinski definition) is 5. The van der Waals surface area contributed by atoms with Crippen LogP contribution < -0.4 is 4.74 Å². The van der Waals surface area contributed by atoms with Crippen LogP contribution in [-0.2, 0) is 13.2 Å². The molecule has 0 unspecified atom stereocenters. The second kappa shape index (κ2) is 8.84. The minimum absolute atomic E-state index is 0.132. The molecule has 4 aromatic rings. The summed E-state index contributed by atoms with van der Waals surface area (Å²) in [5.41, 5.74) is 4.53. The fraction of sp³-hybridized carbons (Fsp3) is 0.240. The molecule has 1 fully saturated rings. The number of H-pyrrole nitrogens is 1. The molecule has 1 amide bonds. The summed E-state index contributed by atoms with van der Waals surface area (Å²) in [6.07, 6.45) is 5.53. The van der Waals surface area contributed by atoms with Gasteiger partial charge in [0, 0.05) is 46.9 Å². The van der Waals surface area contributed by atoms with Crippen LogP contribution in [0.3, 0.4) is 0 Å². The highest BCUT2D eigenvalue weighted by Crippen LogP contribution is 2.36. The first-order valence-electron chi connectivity index (χ1n) is 10.8. The van der Waals surface area contributed by atoms with Crippen LogP contribution in [0.25, 0.3) is 22.0 Å². The van der Waals surface area contributed by atoms with E-state index in [0.717, 1.165) is 40.4 Å². The van der Waals surface area contributed by atoms with E-state index in [-0.39, 0.29) is 18.6 Å². The van der Waals surface area contributed by atoms with Gasteiger partial charge in [-0.25, -0.2) is 0 Å². The molecule has 2 heterocycles. The predicted molar refractivity (Wildman–Crippen MR) is 126 cm³/mol. The molecule has 0 saturated heterocycles. The highest BCUT2D eigenvalue weighted by Gasteiger charge is 2.26. The van der Waals surface area contributed by atoms with Gasteiger partial charge in [-0.15, -0.1) is 0 Å². The normalized spacial score (nSPS) is 13.3. The number of benzene rings is 2. The van der Waals surface area contributed by atoms with Gasteiger partial charge in [0.25, 0.3) is 5.91 Å². The molecule has 1 aliphatic rings. The van der Waals surface area contributed by atoms with Crippen molar-refractivity contribution in [2.75, 3.05) is 7.05 Å². The Kier molecular flexibility index (Phi) is 5.74. The van der Waals surface area contributed by atoms with Crippen LogP contribution in [-0.4, -0.2) is 44.2 Å². The lowest BCUT2D eigenvalue weighted by molar-refractivity contribution is 0.0785. The van der Waals surface area contributed by atoms with Crippen LogP contribution >= 0.6 is 11.6 Å². The molecule has 2 N–H and O–H groups in total. The quantitative estimate of drug-likeness (QED) is 0.419. The number of halogens is 1. The number of amides is 1. The summed E-state index contributed by atoms with van der Waals surface area (Å²) in [6, 6.07) is 13.1. The highest BCUT2D eigenvalue weighted by molar-refractivity contribution is 6.30. The van der Waals surface area contributed by atoms with Gasteiger partial charge in [-0.05, 0) is 48.7 Å². The lowest BCUT2D eigenvalue weighted by atomic mass is 10.0. The summed E-state index contributed by atoms with van der Waals surface area (Å²) in [5, 5.41) is 17.9. The zero-order valence-corrected chi connectivity index (χ0v) is 18.8. The Morgan fingerprint density at radius 1 is 1.24 bits per heavy atom. The summed E-state index contributed by atoms with van der Waals surface area (Å²) >= 11 is 6.19. The largest absolute Gasteiger partial charge is 0.490 e. The Morgan fingerprint density at radius 2 is 2.09 bits per heavy atom. The Hall–Kier alpha value is -3.42. The summed E-state index contributed by atoms with van der Waals surface area (Å²) in [7, 11) is 1.75. The van der Waals surface area contributed by atoms with E-state index in [0.29, 0.717) is 28.6 Å². The highest BCUT2D eigenvalue weighted by atomic mass is 35.5. The Bertz CT molecular complexity index is 1330. The third-order valence-electron chi connectivity index (χ3n) is 5.73. The Labute approximate surface area is 196 Å². The lowest BCUT2D eigenvalue weighted by Crippen LogP contribution is -2.26. The number of carbonyl (C=O) groups is 1. The molecule has 0 bridgehead atoms. The second-order valence-electron chi connectivity index (χ2n) is 8.25. The molecule has 2 aromatic carbocycles. The molecule has 5 rings (SSSR count). The van der Waals surface area contributed by atoms with E-state index in [1.165, 1.54) is 0 Å². The molecule has 8 heteroatoms. The number of carbonyl (C=O) groups excluding carboxylic acids is 1. The van der Waals surface area contributed by atoms with Crippen LogP contribution in [0.2, 0.25) is 5.02 Å². The van der Waals surface area contributed by atoms with Crippen LogP contribution in [0.1, 0.15) is 34.5 Å². The van der Waals surface area contributed by atoms with Crippen LogP contribution in [0.4, 0.5) is 0 Å². The summed E-state index contributed by atoms with van der Waals surface area (Å²) in [4.78, 5) is 19.2. The Balaban J connectivity index is 1.43. The molecule has 7 nitrogen and oxygen atoms in total. The molecular formula is C25H23ClN4O3. The van der Waals surface area contributed by atoms with E-state index in [2.05, 4.69) is 15.2 Å². The molecule has 0 atom stereocenters. The predicted octanol–water partition coefficient (Wildman–Crippen LogP) is 4.58. The molecule has 2 aromatic heterocycles. The number of aliphatic hydroxyl groups is 1. The average Bonchev–Trinajstić information content (AvgIpc) is 3.49. The first-order valence-corrected chi connectivity index (χ1v) is 11.1. The molecule has 1 saturated carbocycles. The minimum atomic E-state index is -0.173. The van der Waals surface area contributed by atoms with Gasteiger partial charge < -0.3 is 14.7 Å². The topological polar surface area (TPSA) is 91.3 Å². The standard InChI is InChI=1S/C25H23ClN4O3/c1-30(13-17-11-27-22(14-31)21-12-28-29-24(17)21)25(32)16-5-8-20(15-3-2-4-18(26)9-15)23(10-16)33-19-6-7-19/h2-5,8-12,19,31H,6-7,13-14H2,1H3,(H,28,29). The van der Waals surface area contributed by atoms with Crippen LogP contribution in [0, 0.1) is 0 Å². The van der Waals surface area contributed by atoms with Crippen LogP contribution in [0.5, 0.6) is 5.75 Å². The zero-order valence-electron chi connectivity index (χ0n) is 18.1. The minimum Gasteiger partial charge on any atom is -0.490 e. The Morgan fingerprint density at radius 3 is 2.85 bits per heavy atom. The van der Waals surface area contributed by atoms with Gasteiger partial charge in [0.2, 0.25) is 0 Å². The maximum absolute atomic E-state index is 13.3. The van der Waals surface area contributed by atoms with Crippen molar-refractivity contribution in [1.82, 2.24) is 20.1 Å². The summed E-state index contributed by atoms with van der Waals surface area (Å²) < 4.78 is 6.15. The zero-order chi connectivity index (χ0) is 22.9. The smallest absolute Gasteiger partial charge is 0.254 e. The van der Waals surface area contributed by atoms with Crippen molar-refractivity contribution in [3.63, 3.8) is 0 Å². The first kappa shape index (κ1) is 21.4. The average molecular weight is 463 g/mol. The number of rotatable bonds is 7. The molecule has 33 heavy (non-hydrogen) atoms. The molecule has 0 radical (unpaired) electrons. The van der Waals surface area contributed by atoms with E-state index < -0.39 is 0 Å². The number of aromatic amines is 1. The number of hydrogen-bond donors (Lipinski definition) is 2. The van der Waals surface area contributed by atoms with Gasteiger partial charge in [0.15, 0.2) is 0 Å². The molecule has 0 aliphatic heterocycles. The van der Waals surface area contributed by atoms with Crippen molar-refractivity contribution < 1.29 is 14.6 Å². The summed E-state index contributed by atoms with van der Waals surface area (Å²) in [6.45, 7) is 0.166. The SMILES string of the molecule is CN(Cc1cnc(CO)c2cn[nH]c12)C(=O)c1ccc(-c2cccc(Cl)c2)c(OC2CC2)c1. The van der Waals surface area contributed by atoms with E-state index in [1.807, 2.05) is 42.5 Å². The van der Waals surface area contributed by atoms with E-state index >= 15 is 0 Å². The number of nitrogens with one attached hydrogen (secondary N) is 1. The molecule has 1 aliphatic carbocycles. The number of nitrogens with zero attached hydrogens (tertiary/aromatic N) is 3. The van der Waals surface area contributed by atoms with Crippen molar-refractivity contribution in [3.8, 4) is 16.9 Å².